The minimum absolute atomic E-state index is 0.0765. The van der Waals surface area contributed by atoms with Gasteiger partial charge in [-0.3, -0.25) is 0 Å². The second kappa shape index (κ2) is 7.83. The number of carbonyl (C=O) groups excluding carboxylic acids is 1. The number of hydrogen-bond donors (Lipinski definition) is 1. The molecular formula is C18H21N7OS. The molecule has 0 spiro atoms. The number of benzene rings is 1. The lowest BCUT2D eigenvalue weighted by atomic mass is 10.1. The van der Waals surface area contributed by atoms with Gasteiger partial charge in [-0.05, 0) is 36.6 Å². The number of nitrogens with one attached hydrogen (secondary N) is 1. The van der Waals surface area contributed by atoms with Crippen LogP contribution in [0.25, 0.3) is 11.0 Å². The first-order chi connectivity index (χ1) is 13.2. The highest BCUT2D eigenvalue weighted by Crippen LogP contribution is 2.17. The summed E-state index contributed by atoms with van der Waals surface area (Å²) in [6, 6.07) is 7.73. The predicted molar refractivity (Wildman–Crippen MR) is 105 cm³/mol. The molecule has 4 rings (SSSR count). The Labute approximate surface area is 161 Å². The van der Waals surface area contributed by atoms with Gasteiger partial charge in [0, 0.05) is 45.1 Å². The van der Waals surface area contributed by atoms with Crippen LogP contribution in [0.3, 0.4) is 0 Å². The van der Waals surface area contributed by atoms with Crippen LogP contribution >= 0.6 is 11.7 Å². The molecule has 1 aromatic carbocycles. The summed E-state index contributed by atoms with van der Waals surface area (Å²) in [7, 11) is 1.81. The number of hydrogen-bond acceptors (Lipinski definition) is 7. The van der Waals surface area contributed by atoms with Crippen LogP contribution < -0.4 is 10.2 Å². The molecule has 0 unspecified atom stereocenters. The number of anilines is 1. The maximum absolute atomic E-state index is 12.6. The fraction of sp³-hybridized carbons (Fsp3) is 0.389. The molecule has 1 saturated heterocycles. The summed E-state index contributed by atoms with van der Waals surface area (Å²) in [6.07, 6.45) is 5.44. The van der Waals surface area contributed by atoms with Crippen molar-refractivity contribution >= 4 is 34.7 Å². The van der Waals surface area contributed by atoms with Crippen molar-refractivity contribution in [3.8, 4) is 0 Å². The van der Waals surface area contributed by atoms with Crippen molar-refractivity contribution in [2.45, 2.75) is 25.4 Å². The molecule has 2 aromatic heterocycles. The number of nitrogens with zero attached hydrogens (tertiary/aromatic N) is 6. The van der Waals surface area contributed by atoms with Gasteiger partial charge in [0.15, 0.2) is 0 Å². The molecule has 140 valence electrons. The minimum Gasteiger partial charge on any atom is -0.339 e. The summed E-state index contributed by atoms with van der Waals surface area (Å²) in [4.78, 5) is 25.0. The molecule has 1 N–H and O–H groups in total. The number of fused-ring (bicyclic) bond motifs is 1. The number of carbonyl (C=O) groups is 1. The SMILES string of the molecule is CN(Cc1ccc2nsnc2c1)C(=O)N[C@H]1CCCN(c2ncccn2)C1. The van der Waals surface area contributed by atoms with E-state index in [9.17, 15) is 4.79 Å². The van der Waals surface area contributed by atoms with E-state index < -0.39 is 0 Å². The van der Waals surface area contributed by atoms with E-state index in [2.05, 4.69) is 28.9 Å². The maximum atomic E-state index is 12.6. The van der Waals surface area contributed by atoms with Crippen LogP contribution in [0.2, 0.25) is 0 Å². The second-order valence-electron chi connectivity index (χ2n) is 6.73. The number of rotatable bonds is 4. The average molecular weight is 383 g/mol. The van der Waals surface area contributed by atoms with E-state index in [1.165, 1.54) is 11.7 Å². The lowest BCUT2D eigenvalue weighted by molar-refractivity contribution is 0.201. The third-order valence-electron chi connectivity index (χ3n) is 4.67. The van der Waals surface area contributed by atoms with Crippen molar-refractivity contribution < 1.29 is 4.79 Å². The van der Waals surface area contributed by atoms with Crippen LogP contribution in [0.15, 0.2) is 36.7 Å². The molecule has 0 aliphatic carbocycles. The molecule has 1 aliphatic rings. The van der Waals surface area contributed by atoms with E-state index in [-0.39, 0.29) is 12.1 Å². The van der Waals surface area contributed by atoms with Gasteiger partial charge in [-0.1, -0.05) is 6.07 Å². The second-order valence-corrected chi connectivity index (χ2v) is 7.26. The van der Waals surface area contributed by atoms with Crippen LogP contribution in [-0.4, -0.2) is 55.8 Å². The molecule has 2 amide bonds. The molecule has 0 radical (unpaired) electrons. The quantitative estimate of drug-likeness (QED) is 0.744. The average Bonchev–Trinajstić information content (AvgIpc) is 3.16. The first-order valence-electron chi connectivity index (χ1n) is 8.94. The van der Waals surface area contributed by atoms with Crippen LogP contribution in [0, 0.1) is 0 Å². The van der Waals surface area contributed by atoms with Crippen LogP contribution in [0.5, 0.6) is 0 Å². The van der Waals surface area contributed by atoms with Crippen molar-refractivity contribution in [3.63, 3.8) is 0 Å². The summed E-state index contributed by atoms with van der Waals surface area (Å²) in [5.74, 6) is 0.718. The molecule has 0 bridgehead atoms. The number of amides is 2. The van der Waals surface area contributed by atoms with Crippen molar-refractivity contribution in [1.29, 1.82) is 0 Å². The van der Waals surface area contributed by atoms with Crippen molar-refractivity contribution in [2.24, 2.45) is 0 Å². The summed E-state index contributed by atoms with van der Waals surface area (Å²) < 4.78 is 8.46. The number of urea groups is 1. The van der Waals surface area contributed by atoms with Crippen molar-refractivity contribution in [2.75, 3.05) is 25.0 Å². The number of aromatic nitrogens is 4. The van der Waals surface area contributed by atoms with Gasteiger partial charge in [0.2, 0.25) is 5.95 Å². The third-order valence-corrected chi connectivity index (χ3v) is 5.23. The normalized spacial score (nSPS) is 17.1. The predicted octanol–water partition coefficient (Wildman–Crippen LogP) is 2.29. The Kier molecular flexibility index (Phi) is 5.10. The van der Waals surface area contributed by atoms with Crippen LogP contribution in [0.1, 0.15) is 18.4 Å². The Hall–Kier alpha value is -2.81. The van der Waals surface area contributed by atoms with E-state index in [1.807, 2.05) is 18.2 Å². The van der Waals surface area contributed by atoms with E-state index in [0.29, 0.717) is 6.54 Å². The summed E-state index contributed by atoms with van der Waals surface area (Å²) in [5, 5.41) is 3.13. The fourth-order valence-corrected chi connectivity index (χ4v) is 3.81. The molecular weight excluding hydrogens is 362 g/mol. The highest BCUT2D eigenvalue weighted by molar-refractivity contribution is 7.00. The zero-order chi connectivity index (χ0) is 18.6. The molecule has 3 heterocycles. The van der Waals surface area contributed by atoms with Gasteiger partial charge in [0.05, 0.1) is 11.7 Å². The maximum Gasteiger partial charge on any atom is 0.317 e. The lowest BCUT2D eigenvalue weighted by Crippen LogP contribution is -2.51. The molecule has 9 heteroatoms. The largest absolute Gasteiger partial charge is 0.339 e. The Morgan fingerprint density at radius 3 is 2.96 bits per heavy atom. The lowest BCUT2D eigenvalue weighted by Gasteiger charge is -2.34. The fourth-order valence-electron chi connectivity index (χ4n) is 3.29. The molecule has 0 saturated carbocycles. The zero-order valence-corrected chi connectivity index (χ0v) is 15.9. The molecule has 3 aromatic rings. The Morgan fingerprint density at radius 1 is 1.30 bits per heavy atom. The van der Waals surface area contributed by atoms with Gasteiger partial charge < -0.3 is 15.1 Å². The van der Waals surface area contributed by atoms with Gasteiger partial charge in [-0.25, -0.2) is 14.8 Å². The molecule has 8 nitrogen and oxygen atoms in total. The minimum atomic E-state index is -0.0765. The van der Waals surface area contributed by atoms with Gasteiger partial charge >= 0.3 is 6.03 Å². The zero-order valence-electron chi connectivity index (χ0n) is 15.1. The van der Waals surface area contributed by atoms with E-state index in [1.54, 1.807) is 30.4 Å². The summed E-state index contributed by atoms with van der Waals surface area (Å²) in [5.41, 5.74) is 2.80. The highest BCUT2D eigenvalue weighted by atomic mass is 32.1. The van der Waals surface area contributed by atoms with Crippen molar-refractivity contribution in [3.05, 3.63) is 42.2 Å². The molecule has 1 fully saturated rings. The Bertz CT molecular complexity index is 916. The van der Waals surface area contributed by atoms with Crippen LogP contribution in [0.4, 0.5) is 10.7 Å². The topological polar surface area (TPSA) is 87.1 Å². The standard InChI is InChI=1S/C18H21N7OS/c1-24(11-13-5-6-15-16(10-13)23-27-22-15)18(26)21-14-4-2-9-25(12-14)17-19-7-3-8-20-17/h3,5-8,10,14H,2,4,9,11-12H2,1H3,(H,21,26)/t14-/m0/s1. The van der Waals surface area contributed by atoms with Gasteiger partial charge in [-0.2, -0.15) is 8.75 Å². The highest BCUT2D eigenvalue weighted by Gasteiger charge is 2.24. The monoisotopic (exact) mass is 383 g/mol. The van der Waals surface area contributed by atoms with Gasteiger partial charge in [0.1, 0.15) is 11.0 Å². The molecule has 27 heavy (non-hydrogen) atoms. The van der Waals surface area contributed by atoms with Gasteiger partial charge in [0.25, 0.3) is 0 Å². The summed E-state index contributed by atoms with van der Waals surface area (Å²) >= 11 is 1.20. The van der Waals surface area contributed by atoms with Gasteiger partial charge in [-0.15, -0.1) is 0 Å². The summed E-state index contributed by atoms with van der Waals surface area (Å²) in [6.45, 7) is 2.16. The molecule has 1 atom stereocenters. The molecule has 1 aliphatic heterocycles. The third kappa shape index (κ3) is 4.13. The van der Waals surface area contributed by atoms with E-state index in [4.69, 9.17) is 0 Å². The smallest absolute Gasteiger partial charge is 0.317 e. The van der Waals surface area contributed by atoms with Crippen molar-refractivity contribution in [1.82, 2.24) is 28.9 Å². The Morgan fingerprint density at radius 2 is 2.11 bits per heavy atom. The van der Waals surface area contributed by atoms with Crippen LogP contribution in [-0.2, 0) is 6.54 Å². The first kappa shape index (κ1) is 17.6. The number of piperidine rings is 1. The van der Waals surface area contributed by atoms with E-state index in [0.717, 1.165) is 48.5 Å². The first-order valence-corrected chi connectivity index (χ1v) is 9.67. The van der Waals surface area contributed by atoms with E-state index >= 15 is 0 Å². The Balaban J connectivity index is 1.34.